The highest BCUT2D eigenvalue weighted by Gasteiger charge is 2.38. The molecule has 0 fully saturated rings. The van der Waals surface area contributed by atoms with E-state index in [0.717, 1.165) is 35.7 Å². The maximum Gasteiger partial charge on any atom is 0.187 e. The van der Waals surface area contributed by atoms with Gasteiger partial charge >= 0.3 is 0 Å². The van der Waals surface area contributed by atoms with Gasteiger partial charge in [-0.15, -0.1) is 0 Å². The van der Waals surface area contributed by atoms with Crippen molar-refractivity contribution in [3.8, 4) is 0 Å². The third kappa shape index (κ3) is 2.38. The number of nitrogens with zero attached hydrogens (tertiary/aromatic N) is 2. The van der Waals surface area contributed by atoms with Crippen LogP contribution in [0.15, 0.2) is 35.6 Å². The Hall–Kier alpha value is -1.35. The van der Waals surface area contributed by atoms with Gasteiger partial charge in [0, 0.05) is 11.9 Å². The molecule has 1 aromatic heterocycles. The number of thioether (sulfide) groups is 1. The van der Waals surface area contributed by atoms with E-state index in [1.54, 1.807) is 0 Å². The van der Waals surface area contributed by atoms with Crippen LogP contribution in [0, 0.1) is 5.41 Å². The summed E-state index contributed by atoms with van der Waals surface area (Å²) in [5, 5.41) is 0.747. The molecule has 108 valence electrons. The fourth-order valence-corrected chi connectivity index (χ4v) is 4.23. The molecular weight excluding hydrogens is 276 g/mol. The minimum Gasteiger partial charge on any atom is -0.231 e. The van der Waals surface area contributed by atoms with Crippen LogP contribution in [0.5, 0.6) is 0 Å². The van der Waals surface area contributed by atoms with E-state index in [0.29, 0.717) is 11.6 Å². The second kappa shape index (κ2) is 5.13. The SMILES string of the molecule is [2H]c1nc(SC)nc2c1CCC1(CCc3ccccc3C1)C2. The Labute approximate surface area is 131 Å². The number of aromatic nitrogens is 2. The Morgan fingerprint density at radius 1 is 1.10 bits per heavy atom. The van der Waals surface area contributed by atoms with Crippen LogP contribution >= 0.6 is 11.8 Å². The summed E-state index contributed by atoms with van der Waals surface area (Å²) in [5.74, 6) is 0. The molecule has 0 radical (unpaired) electrons. The van der Waals surface area contributed by atoms with Crippen LogP contribution in [0.25, 0.3) is 0 Å². The Balaban J connectivity index is 1.69. The summed E-state index contributed by atoms with van der Waals surface area (Å²) in [6.45, 7) is 0. The summed E-state index contributed by atoms with van der Waals surface area (Å²) in [7, 11) is 0. The minimum absolute atomic E-state index is 0.345. The molecule has 1 aromatic carbocycles. The van der Waals surface area contributed by atoms with E-state index in [4.69, 9.17) is 6.35 Å². The highest BCUT2D eigenvalue weighted by atomic mass is 32.2. The van der Waals surface area contributed by atoms with Crippen molar-refractivity contribution in [2.75, 3.05) is 6.26 Å². The van der Waals surface area contributed by atoms with Crippen molar-refractivity contribution in [2.45, 2.75) is 43.7 Å². The lowest BCUT2D eigenvalue weighted by molar-refractivity contribution is 0.206. The monoisotopic (exact) mass is 297 g/mol. The summed E-state index contributed by atoms with van der Waals surface area (Å²) in [4.78, 5) is 9.02. The zero-order valence-electron chi connectivity index (χ0n) is 13.4. The molecule has 3 heteroatoms. The molecule has 1 atom stereocenters. The van der Waals surface area contributed by atoms with Crippen molar-refractivity contribution in [1.82, 2.24) is 9.97 Å². The molecule has 0 amide bonds. The third-order valence-electron chi connectivity index (χ3n) is 5.10. The molecule has 0 saturated carbocycles. The van der Waals surface area contributed by atoms with E-state index in [1.807, 2.05) is 6.26 Å². The molecule has 1 unspecified atom stereocenters. The van der Waals surface area contributed by atoms with Gasteiger partial charge in [-0.2, -0.15) is 0 Å². The Kier molecular flexibility index (Phi) is 2.99. The summed E-state index contributed by atoms with van der Waals surface area (Å²) in [6.07, 6.45) is 9.16. The fourth-order valence-electron chi connectivity index (χ4n) is 3.89. The van der Waals surface area contributed by atoms with Gasteiger partial charge < -0.3 is 0 Å². The third-order valence-corrected chi connectivity index (χ3v) is 5.65. The lowest BCUT2D eigenvalue weighted by Crippen LogP contribution is -2.35. The van der Waals surface area contributed by atoms with Crippen LogP contribution in [0.4, 0.5) is 0 Å². The van der Waals surface area contributed by atoms with Crippen LogP contribution in [-0.4, -0.2) is 16.2 Å². The lowest BCUT2D eigenvalue weighted by Gasteiger charge is -2.41. The van der Waals surface area contributed by atoms with Crippen molar-refractivity contribution in [3.63, 3.8) is 0 Å². The molecule has 2 nitrogen and oxygen atoms in total. The maximum absolute atomic E-state index is 8.15. The normalized spacial score (nSPS) is 24.3. The summed E-state index contributed by atoms with van der Waals surface area (Å²) in [5.41, 5.74) is 5.60. The summed E-state index contributed by atoms with van der Waals surface area (Å²) in [6, 6.07) is 8.87. The van der Waals surface area contributed by atoms with Crippen molar-refractivity contribution in [1.29, 1.82) is 0 Å². The molecule has 1 heterocycles. The highest BCUT2D eigenvalue weighted by molar-refractivity contribution is 7.98. The minimum atomic E-state index is 0.345. The molecule has 21 heavy (non-hydrogen) atoms. The predicted molar refractivity (Wildman–Crippen MR) is 86.7 cm³/mol. The number of hydrogen-bond acceptors (Lipinski definition) is 3. The van der Waals surface area contributed by atoms with Gasteiger partial charge in [-0.05, 0) is 66.9 Å². The predicted octanol–water partition coefficient (Wildman–Crippen LogP) is 3.86. The second-order valence-electron chi connectivity index (χ2n) is 6.37. The Bertz CT molecular complexity index is 731. The van der Waals surface area contributed by atoms with Gasteiger partial charge in [0.05, 0.1) is 1.37 Å². The largest absolute Gasteiger partial charge is 0.231 e. The molecular formula is C18H20N2S. The topological polar surface area (TPSA) is 25.8 Å². The smallest absolute Gasteiger partial charge is 0.187 e. The van der Waals surface area contributed by atoms with Crippen LogP contribution < -0.4 is 0 Å². The average Bonchev–Trinajstić information content (AvgIpc) is 2.54. The van der Waals surface area contributed by atoms with Crippen molar-refractivity contribution >= 4 is 11.8 Å². The fraction of sp³-hybridized carbons (Fsp3) is 0.444. The van der Waals surface area contributed by atoms with E-state index in [2.05, 4.69) is 29.2 Å². The van der Waals surface area contributed by atoms with E-state index >= 15 is 0 Å². The number of hydrogen-bond donors (Lipinski definition) is 0. The quantitative estimate of drug-likeness (QED) is 0.590. The van der Waals surface area contributed by atoms with Crippen LogP contribution in [0.2, 0.25) is 0 Å². The number of benzene rings is 1. The van der Waals surface area contributed by atoms with E-state index in [9.17, 15) is 0 Å². The molecule has 0 aliphatic heterocycles. The van der Waals surface area contributed by atoms with Gasteiger partial charge in [0.15, 0.2) is 5.16 Å². The number of aryl methyl sites for hydroxylation is 1. The van der Waals surface area contributed by atoms with Gasteiger partial charge in [-0.3, -0.25) is 0 Å². The van der Waals surface area contributed by atoms with Gasteiger partial charge in [-0.25, -0.2) is 9.97 Å². The van der Waals surface area contributed by atoms with Crippen LogP contribution in [0.3, 0.4) is 0 Å². The molecule has 0 saturated heterocycles. The first-order valence-corrected chi connectivity index (χ1v) is 8.89. The first-order chi connectivity index (χ1) is 10.7. The first kappa shape index (κ1) is 12.2. The number of rotatable bonds is 1. The standard InChI is InChI=1S/C18H20N2S/c1-21-17-19-12-15-7-9-18(11-16(15)20-17)8-6-13-4-2-3-5-14(13)10-18/h2-5,12H,6-11H2,1H3/i12D. The Morgan fingerprint density at radius 2 is 1.86 bits per heavy atom. The number of fused-ring (bicyclic) bond motifs is 2. The molecule has 0 N–H and O–H groups in total. The summed E-state index contributed by atoms with van der Waals surface area (Å²) < 4.78 is 8.15. The van der Waals surface area contributed by atoms with E-state index < -0.39 is 0 Å². The van der Waals surface area contributed by atoms with Crippen LogP contribution in [-0.2, 0) is 25.7 Å². The van der Waals surface area contributed by atoms with Crippen molar-refractivity contribution < 1.29 is 1.37 Å². The second-order valence-corrected chi connectivity index (χ2v) is 7.14. The van der Waals surface area contributed by atoms with E-state index in [-0.39, 0.29) is 0 Å². The van der Waals surface area contributed by atoms with Gasteiger partial charge in [0.2, 0.25) is 0 Å². The molecule has 4 rings (SSSR count). The molecule has 2 aliphatic rings. The average molecular weight is 297 g/mol. The van der Waals surface area contributed by atoms with Gasteiger partial charge in [-0.1, -0.05) is 36.0 Å². The molecule has 2 aromatic rings. The van der Waals surface area contributed by atoms with Crippen molar-refractivity contribution in [3.05, 3.63) is 52.8 Å². The Morgan fingerprint density at radius 3 is 2.67 bits per heavy atom. The van der Waals surface area contributed by atoms with Crippen molar-refractivity contribution in [2.24, 2.45) is 5.41 Å². The molecule has 1 spiro atoms. The van der Waals surface area contributed by atoms with Gasteiger partial charge in [0.25, 0.3) is 0 Å². The lowest BCUT2D eigenvalue weighted by atomic mass is 9.64. The molecule has 2 aliphatic carbocycles. The summed E-state index contributed by atoms with van der Waals surface area (Å²) >= 11 is 1.54. The maximum atomic E-state index is 8.15. The zero-order valence-corrected chi connectivity index (χ0v) is 13.2. The first-order valence-electron chi connectivity index (χ1n) is 8.16. The zero-order chi connectivity index (χ0) is 15.2. The van der Waals surface area contributed by atoms with Gasteiger partial charge in [0.1, 0.15) is 0 Å². The van der Waals surface area contributed by atoms with E-state index in [1.165, 1.54) is 42.2 Å². The van der Waals surface area contributed by atoms with Crippen LogP contribution in [0.1, 0.15) is 36.6 Å². The highest BCUT2D eigenvalue weighted by Crippen LogP contribution is 2.44. The molecule has 0 bridgehead atoms.